The van der Waals surface area contributed by atoms with Crippen molar-refractivity contribution in [1.82, 2.24) is 9.88 Å². The smallest absolute Gasteiger partial charge is 0.243 e. The van der Waals surface area contributed by atoms with Gasteiger partial charge < -0.3 is 5.32 Å². The predicted molar refractivity (Wildman–Crippen MR) is 82.8 cm³/mol. The molecular formula is C15H16N4OS. The van der Waals surface area contributed by atoms with Gasteiger partial charge in [0.25, 0.3) is 0 Å². The molecule has 0 fully saturated rings. The highest BCUT2D eigenvalue weighted by Gasteiger charge is 2.19. The van der Waals surface area contributed by atoms with Crippen molar-refractivity contribution in [2.24, 2.45) is 0 Å². The average Bonchev–Trinajstić information content (AvgIpc) is 2.99. The number of rotatable bonds is 5. The van der Waals surface area contributed by atoms with Crippen LogP contribution in [0.25, 0.3) is 0 Å². The highest BCUT2D eigenvalue weighted by Crippen LogP contribution is 2.13. The van der Waals surface area contributed by atoms with Crippen LogP contribution in [-0.2, 0) is 11.3 Å². The topological polar surface area (TPSA) is 69.0 Å². The van der Waals surface area contributed by atoms with Crippen LogP contribution in [0.15, 0.2) is 35.8 Å². The number of nitrogens with zero attached hydrogens (tertiary/aromatic N) is 3. The van der Waals surface area contributed by atoms with Crippen LogP contribution >= 0.6 is 11.3 Å². The van der Waals surface area contributed by atoms with Gasteiger partial charge >= 0.3 is 0 Å². The van der Waals surface area contributed by atoms with E-state index in [2.05, 4.69) is 16.4 Å². The van der Waals surface area contributed by atoms with Gasteiger partial charge in [-0.05, 0) is 31.7 Å². The van der Waals surface area contributed by atoms with Crippen molar-refractivity contribution in [1.29, 1.82) is 5.26 Å². The molecule has 0 saturated heterocycles. The number of nitriles is 1. The number of hydrogen-bond acceptors (Lipinski definition) is 5. The Labute approximate surface area is 127 Å². The van der Waals surface area contributed by atoms with E-state index in [1.54, 1.807) is 12.3 Å². The summed E-state index contributed by atoms with van der Waals surface area (Å²) in [6.07, 6.45) is 1.65. The number of anilines is 1. The second-order valence-corrected chi connectivity index (χ2v) is 5.62. The summed E-state index contributed by atoms with van der Waals surface area (Å²) in [7, 11) is 1.88. The molecule has 6 heteroatoms. The molecule has 1 heterocycles. The van der Waals surface area contributed by atoms with Crippen LogP contribution in [0.4, 0.5) is 5.13 Å². The Bertz CT molecular complexity index is 648. The second-order valence-electron chi connectivity index (χ2n) is 4.73. The maximum Gasteiger partial charge on any atom is 0.243 e. The van der Waals surface area contributed by atoms with Crippen LogP contribution < -0.4 is 5.32 Å². The molecule has 1 amide bonds. The first-order chi connectivity index (χ1) is 10.1. The summed E-state index contributed by atoms with van der Waals surface area (Å²) in [5.74, 6) is -0.0936. The van der Waals surface area contributed by atoms with Gasteiger partial charge in [0.15, 0.2) is 5.13 Å². The van der Waals surface area contributed by atoms with E-state index in [1.807, 2.05) is 42.5 Å². The van der Waals surface area contributed by atoms with Crippen molar-refractivity contribution in [2.75, 3.05) is 12.4 Å². The first kappa shape index (κ1) is 15.2. The third-order valence-electron chi connectivity index (χ3n) is 3.19. The third kappa shape index (κ3) is 4.12. The van der Waals surface area contributed by atoms with E-state index in [4.69, 9.17) is 5.26 Å². The first-order valence-corrected chi connectivity index (χ1v) is 7.37. The van der Waals surface area contributed by atoms with Gasteiger partial charge in [-0.15, -0.1) is 11.3 Å². The molecule has 0 spiro atoms. The number of benzene rings is 1. The Balaban J connectivity index is 1.97. The zero-order valence-corrected chi connectivity index (χ0v) is 12.7. The molecule has 21 heavy (non-hydrogen) atoms. The number of carbonyl (C=O) groups excluding carboxylic acids is 1. The normalized spacial score (nSPS) is 11.9. The van der Waals surface area contributed by atoms with Crippen LogP contribution in [0.3, 0.4) is 0 Å². The summed E-state index contributed by atoms with van der Waals surface area (Å²) in [5.41, 5.74) is 1.63. The fourth-order valence-electron chi connectivity index (χ4n) is 1.86. The van der Waals surface area contributed by atoms with E-state index in [0.717, 1.165) is 5.56 Å². The molecule has 2 aromatic rings. The van der Waals surface area contributed by atoms with E-state index in [-0.39, 0.29) is 11.9 Å². The molecule has 5 nitrogen and oxygen atoms in total. The molecule has 0 aliphatic heterocycles. The molecular weight excluding hydrogens is 284 g/mol. The Morgan fingerprint density at radius 3 is 3.05 bits per heavy atom. The molecule has 0 aliphatic rings. The van der Waals surface area contributed by atoms with E-state index < -0.39 is 0 Å². The van der Waals surface area contributed by atoms with Gasteiger partial charge in [0.1, 0.15) is 0 Å². The molecule has 1 aromatic carbocycles. The molecule has 108 valence electrons. The van der Waals surface area contributed by atoms with Crippen molar-refractivity contribution in [2.45, 2.75) is 19.5 Å². The minimum atomic E-state index is -0.292. The SMILES string of the molecule is C[C@H](C(=O)Nc1nccs1)N(C)Cc1cccc(C#N)c1. The Hall–Kier alpha value is -2.23. The van der Waals surface area contributed by atoms with Crippen molar-refractivity contribution >= 4 is 22.4 Å². The van der Waals surface area contributed by atoms with Gasteiger partial charge in [-0.3, -0.25) is 9.69 Å². The lowest BCUT2D eigenvalue weighted by Gasteiger charge is -2.23. The van der Waals surface area contributed by atoms with Gasteiger partial charge in [0.05, 0.1) is 17.7 Å². The number of thiazole rings is 1. The molecule has 0 aliphatic carbocycles. The summed E-state index contributed by atoms with van der Waals surface area (Å²) in [5, 5.41) is 14.1. The van der Waals surface area contributed by atoms with Gasteiger partial charge in [-0.25, -0.2) is 4.98 Å². The van der Waals surface area contributed by atoms with Crippen molar-refractivity contribution in [3.8, 4) is 6.07 Å². The molecule has 0 saturated carbocycles. The minimum absolute atomic E-state index is 0.0936. The number of carbonyl (C=O) groups is 1. The summed E-state index contributed by atoms with van der Waals surface area (Å²) >= 11 is 1.39. The Kier molecular flexibility index (Phi) is 5.04. The highest BCUT2D eigenvalue weighted by atomic mass is 32.1. The van der Waals surface area contributed by atoms with Gasteiger partial charge in [0, 0.05) is 18.1 Å². The Morgan fingerprint density at radius 1 is 1.57 bits per heavy atom. The molecule has 0 bridgehead atoms. The lowest BCUT2D eigenvalue weighted by atomic mass is 10.1. The molecule has 1 aromatic heterocycles. The van der Waals surface area contributed by atoms with Gasteiger partial charge in [-0.2, -0.15) is 5.26 Å². The molecule has 1 N–H and O–H groups in total. The number of amides is 1. The monoisotopic (exact) mass is 300 g/mol. The number of hydrogen-bond donors (Lipinski definition) is 1. The third-order valence-corrected chi connectivity index (χ3v) is 3.88. The van der Waals surface area contributed by atoms with Crippen molar-refractivity contribution in [3.63, 3.8) is 0 Å². The zero-order chi connectivity index (χ0) is 15.2. The lowest BCUT2D eigenvalue weighted by Crippen LogP contribution is -2.39. The largest absolute Gasteiger partial charge is 0.301 e. The van der Waals surface area contributed by atoms with Crippen LogP contribution in [0, 0.1) is 11.3 Å². The highest BCUT2D eigenvalue weighted by molar-refractivity contribution is 7.13. The van der Waals surface area contributed by atoms with Crippen molar-refractivity contribution < 1.29 is 4.79 Å². The van der Waals surface area contributed by atoms with Gasteiger partial charge in [-0.1, -0.05) is 12.1 Å². The minimum Gasteiger partial charge on any atom is -0.301 e. The summed E-state index contributed by atoms with van der Waals surface area (Å²) in [6, 6.07) is 9.22. The maximum absolute atomic E-state index is 12.1. The van der Waals surface area contributed by atoms with Crippen LogP contribution in [-0.4, -0.2) is 28.9 Å². The predicted octanol–water partition coefficient (Wildman–Crippen LogP) is 2.47. The second kappa shape index (κ2) is 6.97. The standard InChI is InChI=1S/C15H16N4OS/c1-11(14(20)18-15-17-6-7-21-15)19(2)10-13-5-3-4-12(8-13)9-16/h3-8,11H,10H2,1-2H3,(H,17,18,20)/t11-/m1/s1. The number of nitrogens with one attached hydrogen (secondary N) is 1. The first-order valence-electron chi connectivity index (χ1n) is 6.50. The Morgan fingerprint density at radius 2 is 2.38 bits per heavy atom. The van der Waals surface area contributed by atoms with Crippen LogP contribution in [0.5, 0.6) is 0 Å². The van der Waals surface area contributed by atoms with Crippen LogP contribution in [0.1, 0.15) is 18.1 Å². The summed E-state index contributed by atoms with van der Waals surface area (Å²) in [4.78, 5) is 18.1. The molecule has 0 unspecified atom stereocenters. The maximum atomic E-state index is 12.1. The molecule has 2 rings (SSSR count). The van der Waals surface area contributed by atoms with Crippen molar-refractivity contribution in [3.05, 3.63) is 47.0 Å². The number of likely N-dealkylation sites (N-methyl/N-ethyl adjacent to an activating group) is 1. The number of aromatic nitrogens is 1. The fourth-order valence-corrected chi connectivity index (χ4v) is 2.39. The van der Waals surface area contributed by atoms with Crippen LogP contribution in [0.2, 0.25) is 0 Å². The van der Waals surface area contributed by atoms with E-state index in [0.29, 0.717) is 17.2 Å². The summed E-state index contributed by atoms with van der Waals surface area (Å²) < 4.78 is 0. The molecule has 0 radical (unpaired) electrons. The van der Waals surface area contributed by atoms with E-state index >= 15 is 0 Å². The quantitative estimate of drug-likeness (QED) is 0.921. The average molecular weight is 300 g/mol. The fraction of sp³-hybridized carbons (Fsp3) is 0.267. The summed E-state index contributed by atoms with van der Waals surface area (Å²) in [6.45, 7) is 2.44. The van der Waals surface area contributed by atoms with Gasteiger partial charge in [0.2, 0.25) is 5.91 Å². The van der Waals surface area contributed by atoms with E-state index in [1.165, 1.54) is 11.3 Å². The van der Waals surface area contributed by atoms with E-state index in [9.17, 15) is 4.79 Å². The lowest BCUT2D eigenvalue weighted by molar-refractivity contribution is -0.120. The zero-order valence-electron chi connectivity index (χ0n) is 11.9. The molecule has 1 atom stereocenters.